The molecule has 98 valence electrons. The normalized spacial score (nSPS) is 20.6. The number of rotatable bonds is 4. The minimum absolute atomic E-state index is 0.00113. The standard InChI is InChI=1S/C14H20N2O2/c1-12(17)15-9-14-11-16(7-8-18-14)10-13-5-3-2-4-6-13/h2-6,14H,7-11H2,1H3,(H,15,17)/t14-/m0/s1. The van der Waals surface area contributed by atoms with E-state index in [2.05, 4.69) is 34.5 Å². The molecule has 1 aromatic rings. The molecular formula is C14H20N2O2. The van der Waals surface area contributed by atoms with Crippen LogP contribution in [0.25, 0.3) is 0 Å². The number of nitrogens with one attached hydrogen (secondary N) is 1. The minimum atomic E-state index is -0.00113. The van der Waals surface area contributed by atoms with E-state index in [9.17, 15) is 4.79 Å². The summed E-state index contributed by atoms with van der Waals surface area (Å²) in [6, 6.07) is 10.4. The van der Waals surface area contributed by atoms with Crippen molar-refractivity contribution in [2.45, 2.75) is 19.6 Å². The van der Waals surface area contributed by atoms with E-state index >= 15 is 0 Å². The van der Waals surface area contributed by atoms with Crippen LogP contribution in [0.15, 0.2) is 30.3 Å². The second-order valence-electron chi connectivity index (χ2n) is 4.65. The highest BCUT2D eigenvalue weighted by molar-refractivity contribution is 5.72. The van der Waals surface area contributed by atoms with Crippen LogP contribution in [0.4, 0.5) is 0 Å². The van der Waals surface area contributed by atoms with Gasteiger partial charge in [-0.1, -0.05) is 30.3 Å². The monoisotopic (exact) mass is 248 g/mol. The molecule has 4 heteroatoms. The van der Waals surface area contributed by atoms with Crippen molar-refractivity contribution in [2.24, 2.45) is 0 Å². The molecule has 0 bridgehead atoms. The number of benzene rings is 1. The Bertz CT molecular complexity index is 381. The van der Waals surface area contributed by atoms with Crippen molar-refractivity contribution in [1.29, 1.82) is 0 Å². The van der Waals surface area contributed by atoms with Crippen molar-refractivity contribution in [1.82, 2.24) is 10.2 Å². The van der Waals surface area contributed by atoms with Crippen LogP contribution in [-0.2, 0) is 16.1 Å². The van der Waals surface area contributed by atoms with Crippen LogP contribution in [0.5, 0.6) is 0 Å². The average molecular weight is 248 g/mol. The van der Waals surface area contributed by atoms with Crippen molar-refractivity contribution in [3.63, 3.8) is 0 Å². The molecule has 1 fully saturated rings. The molecule has 1 saturated heterocycles. The van der Waals surface area contributed by atoms with Gasteiger partial charge in [0.05, 0.1) is 12.7 Å². The van der Waals surface area contributed by atoms with E-state index in [-0.39, 0.29) is 12.0 Å². The zero-order chi connectivity index (χ0) is 12.8. The van der Waals surface area contributed by atoms with Crippen LogP contribution in [0.1, 0.15) is 12.5 Å². The van der Waals surface area contributed by atoms with Gasteiger partial charge in [-0.2, -0.15) is 0 Å². The van der Waals surface area contributed by atoms with Gasteiger partial charge in [-0.25, -0.2) is 0 Å². The van der Waals surface area contributed by atoms with Gasteiger partial charge in [-0.3, -0.25) is 9.69 Å². The van der Waals surface area contributed by atoms with Crippen LogP contribution in [0.2, 0.25) is 0 Å². The predicted molar refractivity (Wildman–Crippen MR) is 70.1 cm³/mol. The molecule has 0 unspecified atom stereocenters. The lowest BCUT2D eigenvalue weighted by molar-refractivity contribution is -0.120. The number of carbonyl (C=O) groups is 1. The zero-order valence-corrected chi connectivity index (χ0v) is 10.8. The van der Waals surface area contributed by atoms with Gasteiger partial charge in [0.2, 0.25) is 5.91 Å². The maximum atomic E-state index is 10.9. The van der Waals surface area contributed by atoms with Gasteiger partial charge in [0.25, 0.3) is 0 Å². The number of morpholine rings is 1. The largest absolute Gasteiger partial charge is 0.374 e. The fourth-order valence-electron chi connectivity index (χ4n) is 2.15. The summed E-state index contributed by atoms with van der Waals surface area (Å²) in [4.78, 5) is 13.2. The molecule has 1 heterocycles. The molecular weight excluding hydrogens is 228 g/mol. The molecule has 1 amide bonds. The average Bonchev–Trinajstić information content (AvgIpc) is 2.38. The Hall–Kier alpha value is -1.39. The van der Waals surface area contributed by atoms with Crippen molar-refractivity contribution in [3.8, 4) is 0 Å². The molecule has 0 saturated carbocycles. The third-order valence-corrected chi connectivity index (χ3v) is 3.05. The van der Waals surface area contributed by atoms with Crippen molar-refractivity contribution >= 4 is 5.91 Å². The number of ether oxygens (including phenoxy) is 1. The van der Waals surface area contributed by atoms with E-state index in [1.807, 2.05) is 6.07 Å². The second-order valence-corrected chi connectivity index (χ2v) is 4.65. The predicted octanol–water partition coefficient (Wildman–Crippen LogP) is 1.02. The quantitative estimate of drug-likeness (QED) is 0.865. The number of hydrogen-bond donors (Lipinski definition) is 1. The molecule has 0 aliphatic carbocycles. The second kappa shape index (κ2) is 6.52. The van der Waals surface area contributed by atoms with Gasteiger partial charge < -0.3 is 10.1 Å². The van der Waals surface area contributed by atoms with Crippen LogP contribution >= 0.6 is 0 Å². The minimum Gasteiger partial charge on any atom is -0.374 e. The number of carbonyl (C=O) groups excluding carboxylic acids is 1. The summed E-state index contributed by atoms with van der Waals surface area (Å²) in [5.41, 5.74) is 1.32. The molecule has 1 aliphatic rings. The smallest absolute Gasteiger partial charge is 0.216 e. The third kappa shape index (κ3) is 4.13. The van der Waals surface area contributed by atoms with Gasteiger partial charge in [0, 0.05) is 33.1 Å². The lowest BCUT2D eigenvalue weighted by Gasteiger charge is -2.33. The van der Waals surface area contributed by atoms with Gasteiger partial charge in [-0.05, 0) is 5.56 Å². The summed E-state index contributed by atoms with van der Waals surface area (Å²) in [7, 11) is 0. The highest BCUT2D eigenvalue weighted by atomic mass is 16.5. The van der Waals surface area contributed by atoms with E-state index in [0.717, 1.165) is 26.2 Å². The first-order valence-corrected chi connectivity index (χ1v) is 6.36. The Kier molecular flexibility index (Phi) is 4.73. The highest BCUT2D eigenvalue weighted by Crippen LogP contribution is 2.09. The zero-order valence-electron chi connectivity index (χ0n) is 10.8. The number of nitrogens with zero attached hydrogens (tertiary/aromatic N) is 1. The fourth-order valence-corrected chi connectivity index (χ4v) is 2.15. The summed E-state index contributed by atoms with van der Waals surface area (Å²) in [6.45, 7) is 5.63. The van der Waals surface area contributed by atoms with Gasteiger partial charge >= 0.3 is 0 Å². The molecule has 0 radical (unpaired) electrons. The summed E-state index contributed by atoms with van der Waals surface area (Å²) in [6.07, 6.45) is 0.103. The molecule has 0 aromatic heterocycles. The van der Waals surface area contributed by atoms with E-state index in [1.165, 1.54) is 12.5 Å². The summed E-state index contributed by atoms with van der Waals surface area (Å²) in [5.74, 6) is -0.00113. The first-order valence-electron chi connectivity index (χ1n) is 6.36. The Balaban J connectivity index is 1.81. The molecule has 0 spiro atoms. The Morgan fingerprint density at radius 3 is 2.94 bits per heavy atom. The van der Waals surface area contributed by atoms with E-state index in [0.29, 0.717) is 6.54 Å². The molecule has 4 nitrogen and oxygen atoms in total. The molecule has 2 rings (SSSR count). The SMILES string of the molecule is CC(=O)NC[C@H]1CN(Cc2ccccc2)CCO1. The van der Waals surface area contributed by atoms with Gasteiger partial charge in [-0.15, -0.1) is 0 Å². The van der Waals surface area contributed by atoms with Crippen molar-refractivity contribution in [3.05, 3.63) is 35.9 Å². The first-order chi connectivity index (χ1) is 8.74. The lowest BCUT2D eigenvalue weighted by Crippen LogP contribution is -2.46. The molecule has 1 N–H and O–H groups in total. The van der Waals surface area contributed by atoms with Crippen molar-refractivity contribution in [2.75, 3.05) is 26.2 Å². The van der Waals surface area contributed by atoms with Crippen LogP contribution in [0.3, 0.4) is 0 Å². The van der Waals surface area contributed by atoms with E-state index < -0.39 is 0 Å². The molecule has 1 aromatic carbocycles. The third-order valence-electron chi connectivity index (χ3n) is 3.05. The Morgan fingerprint density at radius 1 is 1.44 bits per heavy atom. The Labute approximate surface area is 108 Å². The summed E-state index contributed by atoms with van der Waals surface area (Å²) < 4.78 is 5.64. The lowest BCUT2D eigenvalue weighted by atomic mass is 10.2. The Morgan fingerprint density at radius 2 is 2.22 bits per heavy atom. The van der Waals surface area contributed by atoms with Gasteiger partial charge in [0.15, 0.2) is 0 Å². The molecule has 1 atom stereocenters. The molecule has 18 heavy (non-hydrogen) atoms. The van der Waals surface area contributed by atoms with Crippen LogP contribution in [-0.4, -0.2) is 43.2 Å². The summed E-state index contributed by atoms with van der Waals surface area (Å²) in [5, 5.41) is 2.81. The van der Waals surface area contributed by atoms with Crippen LogP contribution < -0.4 is 5.32 Å². The maximum absolute atomic E-state index is 10.9. The van der Waals surface area contributed by atoms with E-state index in [4.69, 9.17) is 4.74 Å². The van der Waals surface area contributed by atoms with E-state index in [1.54, 1.807) is 0 Å². The van der Waals surface area contributed by atoms with Crippen LogP contribution in [0, 0.1) is 0 Å². The maximum Gasteiger partial charge on any atom is 0.216 e. The molecule has 1 aliphatic heterocycles. The van der Waals surface area contributed by atoms with Gasteiger partial charge in [0.1, 0.15) is 0 Å². The van der Waals surface area contributed by atoms with Crippen molar-refractivity contribution < 1.29 is 9.53 Å². The highest BCUT2D eigenvalue weighted by Gasteiger charge is 2.20. The topological polar surface area (TPSA) is 41.6 Å². The summed E-state index contributed by atoms with van der Waals surface area (Å²) >= 11 is 0. The first kappa shape index (κ1) is 13.1. The number of amides is 1. The number of hydrogen-bond acceptors (Lipinski definition) is 3. The fraction of sp³-hybridized carbons (Fsp3) is 0.500.